The first kappa shape index (κ1) is 14.6. The number of hydrogen-bond donors (Lipinski definition) is 2. The number of nitrogens with one attached hydrogen (secondary N) is 2. The van der Waals surface area contributed by atoms with Crippen molar-refractivity contribution in [3.8, 4) is 0 Å². The minimum atomic E-state index is -0.313. The zero-order valence-corrected chi connectivity index (χ0v) is 12.3. The monoisotopic (exact) mass is 278 g/mol. The smallest absolute Gasteiger partial charge is 0.241 e. The average Bonchev–Trinajstić information content (AvgIpc) is 2.46. The second kappa shape index (κ2) is 6.56. The molecule has 0 radical (unpaired) electrons. The minimum Gasteiger partial charge on any atom is -0.378 e. The van der Waals surface area contributed by atoms with Crippen molar-refractivity contribution >= 4 is 17.5 Å². The van der Waals surface area contributed by atoms with Crippen LogP contribution in [-0.2, 0) is 9.53 Å². The van der Waals surface area contributed by atoms with Gasteiger partial charge in [-0.2, -0.15) is 0 Å². The van der Waals surface area contributed by atoms with E-state index in [9.17, 15) is 4.79 Å². The number of morpholine rings is 1. The summed E-state index contributed by atoms with van der Waals surface area (Å²) in [7, 11) is 1.63. The summed E-state index contributed by atoms with van der Waals surface area (Å²) in [4.78, 5) is 18.4. The number of ether oxygens (including phenoxy) is 1. The molecule has 110 valence electrons. The molecule has 0 aliphatic carbocycles. The molecule has 1 aromatic rings. The van der Waals surface area contributed by atoms with Gasteiger partial charge in [0.25, 0.3) is 0 Å². The van der Waals surface area contributed by atoms with Gasteiger partial charge < -0.3 is 20.3 Å². The van der Waals surface area contributed by atoms with Crippen LogP contribution in [0.3, 0.4) is 0 Å². The highest BCUT2D eigenvalue weighted by atomic mass is 16.5. The fraction of sp³-hybridized carbons (Fsp3) is 0.571. The van der Waals surface area contributed by atoms with Crippen LogP contribution in [0.2, 0.25) is 0 Å². The summed E-state index contributed by atoms with van der Waals surface area (Å²) < 4.78 is 5.35. The predicted molar refractivity (Wildman–Crippen MR) is 79.2 cm³/mol. The lowest BCUT2D eigenvalue weighted by molar-refractivity contribution is -0.121. The summed E-state index contributed by atoms with van der Waals surface area (Å²) in [6.45, 7) is 7.00. The zero-order chi connectivity index (χ0) is 14.5. The topological polar surface area (TPSA) is 66.5 Å². The number of aromatic nitrogens is 1. The van der Waals surface area contributed by atoms with Crippen LogP contribution in [0, 0.1) is 6.92 Å². The van der Waals surface area contributed by atoms with Crippen LogP contribution in [-0.4, -0.2) is 50.3 Å². The summed E-state index contributed by atoms with van der Waals surface area (Å²) in [5, 5.41) is 5.75. The van der Waals surface area contributed by atoms with E-state index in [0.717, 1.165) is 43.5 Å². The molecule has 1 aliphatic heterocycles. The van der Waals surface area contributed by atoms with Crippen LogP contribution in [0.25, 0.3) is 0 Å². The third-order valence-electron chi connectivity index (χ3n) is 3.30. The maximum Gasteiger partial charge on any atom is 0.241 e. The largest absolute Gasteiger partial charge is 0.378 e. The molecule has 20 heavy (non-hydrogen) atoms. The molecule has 2 rings (SSSR count). The molecular weight excluding hydrogens is 256 g/mol. The van der Waals surface area contributed by atoms with Crippen molar-refractivity contribution in [2.45, 2.75) is 19.9 Å². The minimum absolute atomic E-state index is 0.0544. The van der Waals surface area contributed by atoms with E-state index in [4.69, 9.17) is 4.74 Å². The number of carbonyl (C=O) groups is 1. The number of anilines is 2. The lowest BCUT2D eigenvalue weighted by Crippen LogP contribution is -2.37. The van der Waals surface area contributed by atoms with Gasteiger partial charge in [-0.1, -0.05) is 0 Å². The van der Waals surface area contributed by atoms with E-state index in [1.165, 1.54) is 0 Å². The van der Waals surface area contributed by atoms with Crippen LogP contribution in [0.1, 0.15) is 12.5 Å². The van der Waals surface area contributed by atoms with E-state index in [0.29, 0.717) is 0 Å². The molecule has 1 saturated heterocycles. The van der Waals surface area contributed by atoms with Gasteiger partial charge in [-0.3, -0.25) is 4.79 Å². The van der Waals surface area contributed by atoms with Crippen molar-refractivity contribution in [3.63, 3.8) is 0 Å². The highest BCUT2D eigenvalue weighted by Crippen LogP contribution is 2.19. The fourth-order valence-electron chi connectivity index (χ4n) is 2.18. The highest BCUT2D eigenvalue weighted by molar-refractivity contribution is 5.83. The van der Waals surface area contributed by atoms with Crippen LogP contribution in [0.5, 0.6) is 0 Å². The Balaban J connectivity index is 2.13. The number of nitrogens with zero attached hydrogens (tertiary/aromatic N) is 2. The lowest BCUT2D eigenvalue weighted by Gasteiger charge is -2.28. The standard InChI is InChI=1S/C14H22N4O2/c1-10-8-12(16-11(2)14(19)15-3)17-13(9-10)18-4-6-20-7-5-18/h8-9,11H,4-7H2,1-3H3,(H,15,19)(H,16,17)/t11-/m1/s1. The molecule has 1 aliphatic rings. The number of carbonyl (C=O) groups excluding carboxylic acids is 1. The molecule has 0 unspecified atom stereocenters. The van der Waals surface area contributed by atoms with E-state index in [1.807, 2.05) is 19.9 Å². The number of likely N-dealkylation sites (N-methyl/N-ethyl adjacent to an activating group) is 1. The molecule has 0 aromatic carbocycles. The van der Waals surface area contributed by atoms with Gasteiger partial charge >= 0.3 is 0 Å². The van der Waals surface area contributed by atoms with Crippen molar-refractivity contribution in [2.75, 3.05) is 43.6 Å². The SMILES string of the molecule is CNC(=O)[C@@H](C)Nc1cc(C)cc(N2CCOCC2)n1. The van der Waals surface area contributed by atoms with Gasteiger partial charge in [-0.15, -0.1) is 0 Å². The molecule has 2 N–H and O–H groups in total. The Labute approximate surface area is 119 Å². The van der Waals surface area contributed by atoms with Crippen molar-refractivity contribution in [2.24, 2.45) is 0 Å². The Kier molecular flexibility index (Phi) is 4.79. The maximum absolute atomic E-state index is 11.6. The maximum atomic E-state index is 11.6. The van der Waals surface area contributed by atoms with E-state index in [2.05, 4.69) is 26.6 Å². The average molecular weight is 278 g/mol. The first-order chi connectivity index (χ1) is 9.60. The Hall–Kier alpha value is -1.82. The van der Waals surface area contributed by atoms with E-state index >= 15 is 0 Å². The van der Waals surface area contributed by atoms with Crippen molar-refractivity contribution in [3.05, 3.63) is 17.7 Å². The first-order valence-corrected chi connectivity index (χ1v) is 6.89. The predicted octanol–water partition coefficient (Wildman–Crippen LogP) is 0.773. The summed E-state index contributed by atoms with van der Waals surface area (Å²) in [6.07, 6.45) is 0. The number of hydrogen-bond acceptors (Lipinski definition) is 5. The number of pyridine rings is 1. The van der Waals surface area contributed by atoms with Gasteiger partial charge in [0, 0.05) is 20.1 Å². The molecular formula is C14H22N4O2. The molecule has 0 bridgehead atoms. The van der Waals surface area contributed by atoms with Crippen LogP contribution >= 0.6 is 0 Å². The van der Waals surface area contributed by atoms with E-state index in [-0.39, 0.29) is 11.9 Å². The summed E-state index contributed by atoms with van der Waals surface area (Å²) in [5.41, 5.74) is 1.12. The third kappa shape index (κ3) is 3.60. The Morgan fingerprint density at radius 3 is 2.75 bits per heavy atom. The molecule has 1 atom stereocenters. The molecule has 1 fully saturated rings. The molecule has 1 amide bonds. The van der Waals surface area contributed by atoms with Gasteiger partial charge in [-0.05, 0) is 31.5 Å². The zero-order valence-electron chi connectivity index (χ0n) is 12.3. The fourth-order valence-corrected chi connectivity index (χ4v) is 2.18. The Morgan fingerprint density at radius 2 is 2.10 bits per heavy atom. The van der Waals surface area contributed by atoms with Crippen molar-refractivity contribution in [1.82, 2.24) is 10.3 Å². The highest BCUT2D eigenvalue weighted by Gasteiger charge is 2.15. The van der Waals surface area contributed by atoms with Gasteiger partial charge in [0.05, 0.1) is 13.2 Å². The van der Waals surface area contributed by atoms with Crippen molar-refractivity contribution in [1.29, 1.82) is 0 Å². The quantitative estimate of drug-likeness (QED) is 0.852. The van der Waals surface area contributed by atoms with E-state index < -0.39 is 0 Å². The van der Waals surface area contributed by atoms with Gasteiger partial charge in [0.15, 0.2) is 0 Å². The molecule has 6 nitrogen and oxygen atoms in total. The molecule has 1 aromatic heterocycles. The van der Waals surface area contributed by atoms with Crippen LogP contribution in [0.15, 0.2) is 12.1 Å². The normalized spacial score (nSPS) is 16.6. The molecule has 0 spiro atoms. The van der Waals surface area contributed by atoms with Crippen molar-refractivity contribution < 1.29 is 9.53 Å². The second-order valence-electron chi connectivity index (χ2n) is 4.97. The summed E-state index contributed by atoms with van der Waals surface area (Å²) >= 11 is 0. The Bertz CT molecular complexity index is 472. The summed E-state index contributed by atoms with van der Waals surface area (Å²) in [5.74, 6) is 1.60. The first-order valence-electron chi connectivity index (χ1n) is 6.89. The lowest BCUT2D eigenvalue weighted by atomic mass is 10.2. The third-order valence-corrected chi connectivity index (χ3v) is 3.30. The Morgan fingerprint density at radius 1 is 1.40 bits per heavy atom. The summed E-state index contributed by atoms with van der Waals surface area (Å²) in [6, 6.07) is 3.69. The van der Waals surface area contributed by atoms with Gasteiger partial charge in [0.2, 0.25) is 5.91 Å². The number of rotatable bonds is 4. The van der Waals surface area contributed by atoms with Gasteiger partial charge in [-0.25, -0.2) is 4.98 Å². The molecule has 2 heterocycles. The molecule has 0 saturated carbocycles. The number of aryl methyl sites for hydroxylation is 1. The molecule has 6 heteroatoms. The van der Waals surface area contributed by atoms with Gasteiger partial charge in [0.1, 0.15) is 17.7 Å². The van der Waals surface area contributed by atoms with Crippen LogP contribution < -0.4 is 15.5 Å². The number of amides is 1. The van der Waals surface area contributed by atoms with E-state index in [1.54, 1.807) is 7.05 Å². The van der Waals surface area contributed by atoms with Crippen LogP contribution in [0.4, 0.5) is 11.6 Å². The second-order valence-corrected chi connectivity index (χ2v) is 4.97.